The zero-order valence-electron chi connectivity index (χ0n) is 13.6. The summed E-state index contributed by atoms with van der Waals surface area (Å²) in [5.74, 6) is 0. The van der Waals surface area contributed by atoms with E-state index in [2.05, 4.69) is 9.78 Å². The molecule has 0 aliphatic heterocycles. The Hall–Kier alpha value is -1.84. The minimum atomic E-state index is -0.787. The van der Waals surface area contributed by atoms with Gasteiger partial charge in [0.25, 0.3) is 0 Å². The summed E-state index contributed by atoms with van der Waals surface area (Å²) in [5.41, 5.74) is 3.05. The molecule has 0 amide bonds. The minimum absolute atomic E-state index is 0.327. The average molecular weight is 350 g/mol. The molecule has 0 fully saturated rings. The molecule has 2 aromatic rings. The molecule has 0 heterocycles. The SMILES string of the molecule is OCC(OO)c1cccc(COCc2cccc(C(CO)OO)c2)c1. The van der Waals surface area contributed by atoms with Gasteiger partial charge in [-0.3, -0.25) is 10.5 Å². The van der Waals surface area contributed by atoms with Gasteiger partial charge in [-0.2, -0.15) is 0 Å². The lowest BCUT2D eigenvalue weighted by Gasteiger charge is -2.13. The Bertz CT molecular complexity index is 583. The lowest BCUT2D eigenvalue weighted by Crippen LogP contribution is -2.07. The van der Waals surface area contributed by atoms with E-state index in [0.29, 0.717) is 24.3 Å². The van der Waals surface area contributed by atoms with Crippen LogP contribution < -0.4 is 0 Å². The first-order valence-electron chi connectivity index (χ1n) is 7.79. The number of hydrogen-bond donors (Lipinski definition) is 4. The molecule has 2 aromatic carbocycles. The highest BCUT2D eigenvalue weighted by Crippen LogP contribution is 2.19. The van der Waals surface area contributed by atoms with Gasteiger partial charge in [0, 0.05) is 0 Å². The van der Waals surface area contributed by atoms with Crippen LogP contribution >= 0.6 is 0 Å². The van der Waals surface area contributed by atoms with E-state index >= 15 is 0 Å². The van der Waals surface area contributed by atoms with Crippen LogP contribution in [0.4, 0.5) is 0 Å². The maximum absolute atomic E-state index is 9.14. The van der Waals surface area contributed by atoms with E-state index in [4.69, 9.17) is 25.5 Å². The second-order valence-electron chi connectivity index (χ2n) is 5.54. The molecule has 0 saturated carbocycles. The highest BCUT2D eigenvalue weighted by Gasteiger charge is 2.12. The highest BCUT2D eigenvalue weighted by atomic mass is 17.1. The van der Waals surface area contributed by atoms with Crippen molar-refractivity contribution in [3.63, 3.8) is 0 Å². The maximum Gasteiger partial charge on any atom is 0.141 e. The molecule has 136 valence electrons. The fourth-order valence-corrected chi connectivity index (χ4v) is 2.45. The second-order valence-corrected chi connectivity index (χ2v) is 5.54. The van der Waals surface area contributed by atoms with Crippen molar-refractivity contribution in [3.05, 3.63) is 70.8 Å². The molecule has 2 unspecified atom stereocenters. The molecule has 7 heteroatoms. The molecule has 4 N–H and O–H groups in total. The van der Waals surface area contributed by atoms with Crippen molar-refractivity contribution in [3.8, 4) is 0 Å². The monoisotopic (exact) mass is 350 g/mol. The van der Waals surface area contributed by atoms with E-state index in [-0.39, 0.29) is 13.2 Å². The molecule has 0 spiro atoms. The second kappa shape index (κ2) is 10.2. The van der Waals surface area contributed by atoms with Crippen molar-refractivity contribution in [1.82, 2.24) is 0 Å². The van der Waals surface area contributed by atoms with Gasteiger partial charge in [0.05, 0.1) is 26.4 Å². The van der Waals surface area contributed by atoms with E-state index in [9.17, 15) is 0 Å². The van der Waals surface area contributed by atoms with Crippen LogP contribution in [0.3, 0.4) is 0 Å². The maximum atomic E-state index is 9.14. The van der Waals surface area contributed by atoms with Crippen LogP contribution in [0.15, 0.2) is 48.5 Å². The average Bonchev–Trinajstić information content (AvgIpc) is 2.65. The molecule has 2 rings (SSSR count). The van der Waals surface area contributed by atoms with Gasteiger partial charge < -0.3 is 14.9 Å². The van der Waals surface area contributed by atoms with Crippen LogP contribution in [0.2, 0.25) is 0 Å². The van der Waals surface area contributed by atoms with Crippen molar-refractivity contribution < 1.29 is 35.2 Å². The number of benzene rings is 2. The van der Waals surface area contributed by atoms with Gasteiger partial charge in [-0.15, -0.1) is 0 Å². The number of hydrogen-bond acceptors (Lipinski definition) is 7. The van der Waals surface area contributed by atoms with Crippen molar-refractivity contribution >= 4 is 0 Å². The van der Waals surface area contributed by atoms with Gasteiger partial charge in [0.1, 0.15) is 12.2 Å². The Morgan fingerprint density at radius 3 is 1.52 bits per heavy atom. The summed E-state index contributed by atoms with van der Waals surface area (Å²) in [6.45, 7) is 0.0161. The van der Waals surface area contributed by atoms with Gasteiger partial charge in [-0.25, -0.2) is 9.78 Å². The molecule has 0 aliphatic rings. The third-order valence-corrected chi connectivity index (χ3v) is 3.77. The summed E-state index contributed by atoms with van der Waals surface area (Å²) in [7, 11) is 0. The van der Waals surface area contributed by atoms with E-state index in [1.807, 2.05) is 12.1 Å². The smallest absolute Gasteiger partial charge is 0.141 e. The van der Waals surface area contributed by atoms with E-state index in [0.717, 1.165) is 11.1 Å². The Kier molecular flexibility index (Phi) is 7.96. The third-order valence-electron chi connectivity index (χ3n) is 3.77. The molecular formula is C18H22O7. The number of rotatable bonds is 10. The Balaban J connectivity index is 1.95. The number of aliphatic hydroxyl groups excluding tert-OH is 2. The summed E-state index contributed by atoms with van der Waals surface area (Å²) >= 11 is 0. The van der Waals surface area contributed by atoms with Gasteiger partial charge in [0.2, 0.25) is 0 Å². The molecule has 0 aliphatic carbocycles. The van der Waals surface area contributed by atoms with Crippen molar-refractivity contribution in [1.29, 1.82) is 0 Å². The summed E-state index contributed by atoms with van der Waals surface area (Å²) in [6, 6.07) is 14.4. The van der Waals surface area contributed by atoms with Crippen LogP contribution in [0.5, 0.6) is 0 Å². The first-order valence-corrected chi connectivity index (χ1v) is 7.79. The van der Waals surface area contributed by atoms with Crippen LogP contribution in [-0.4, -0.2) is 33.9 Å². The Labute approximate surface area is 145 Å². The molecule has 0 radical (unpaired) electrons. The van der Waals surface area contributed by atoms with Gasteiger partial charge >= 0.3 is 0 Å². The number of ether oxygens (including phenoxy) is 1. The third kappa shape index (κ3) is 5.58. The molecule has 2 atom stereocenters. The molecular weight excluding hydrogens is 328 g/mol. The van der Waals surface area contributed by atoms with Gasteiger partial charge in [-0.05, 0) is 22.3 Å². The fraction of sp³-hybridized carbons (Fsp3) is 0.333. The number of aliphatic hydroxyl groups is 2. The van der Waals surface area contributed by atoms with Crippen LogP contribution in [0.1, 0.15) is 34.5 Å². The largest absolute Gasteiger partial charge is 0.393 e. The summed E-state index contributed by atoms with van der Waals surface area (Å²) in [5, 5.41) is 35.8. The van der Waals surface area contributed by atoms with Crippen LogP contribution in [0, 0.1) is 0 Å². The summed E-state index contributed by atoms with van der Waals surface area (Å²) in [6.07, 6.45) is -1.57. The summed E-state index contributed by atoms with van der Waals surface area (Å²) in [4.78, 5) is 8.46. The lowest BCUT2D eigenvalue weighted by molar-refractivity contribution is -0.288. The molecule has 0 aromatic heterocycles. The van der Waals surface area contributed by atoms with Crippen molar-refractivity contribution in [2.45, 2.75) is 25.4 Å². The predicted molar refractivity (Wildman–Crippen MR) is 88.5 cm³/mol. The summed E-state index contributed by atoms with van der Waals surface area (Å²) < 4.78 is 5.68. The first kappa shape index (κ1) is 19.5. The first-order chi connectivity index (χ1) is 12.2. The molecule has 0 saturated heterocycles. The zero-order chi connectivity index (χ0) is 18.1. The van der Waals surface area contributed by atoms with Crippen LogP contribution in [-0.2, 0) is 27.7 Å². The van der Waals surface area contributed by atoms with Crippen molar-refractivity contribution in [2.75, 3.05) is 13.2 Å². The normalized spacial score (nSPS) is 13.6. The van der Waals surface area contributed by atoms with Gasteiger partial charge in [0.15, 0.2) is 0 Å². The lowest BCUT2D eigenvalue weighted by atomic mass is 10.1. The molecule has 25 heavy (non-hydrogen) atoms. The topological polar surface area (TPSA) is 109 Å². The zero-order valence-corrected chi connectivity index (χ0v) is 13.6. The van der Waals surface area contributed by atoms with E-state index in [1.165, 1.54) is 0 Å². The highest BCUT2D eigenvalue weighted by molar-refractivity contribution is 5.26. The molecule has 0 bridgehead atoms. The van der Waals surface area contributed by atoms with Crippen LogP contribution in [0.25, 0.3) is 0 Å². The molecule has 7 nitrogen and oxygen atoms in total. The van der Waals surface area contributed by atoms with Gasteiger partial charge in [-0.1, -0.05) is 48.5 Å². The quantitative estimate of drug-likeness (QED) is 0.385. The van der Waals surface area contributed by atoms with E-state index in [1.54, 1.807) is 36.4 Å². The fourth-order valence-electron chi connectivity index (χ4n) is 2.45. The Morgan fingerprint density at radius 2 is 1.16 bits per heavy atom. The standard InChI is InChI=1S/C18H22O7/c19-9-17(24-21)15-5-1-3-13(7-15)11-23-12-14-4-2-6-16(8-14)18(10-20)25-22/h1-8,17-22H,9-12H2. The minimum Gasteiger partial charge on any atom is -0.393 e. The van der Waals surface area contributed by atoms with E-state index < -0.39 is 12.2 Å². The van der Waals surface area contributed by atoms with Crippen molar-refractivity contribution in [2.24, 2.45) is 0 Å². The Morgan fingerprint density at radius 1 is 0.720 bits per heavy atom. The predicted octanol–water partition coefficient (Wildman–Crippen LogP) is 2.45.